The largest absolute Gasteiger partial charge is 0.273 e. The Morgan fingerprint density at radius 1 is 0.828 bits per heavy atom. The van der Waals surface area contributed by atoms with Crippen LogP contribution in [0.15, 0.2) is 41.5 Å². The molecule has 0 aromatic heterocycles. The lowest BCUT2D eigenvalue weighted by Crippen LogP contribution is -2.18. The van der Waals surface area contributed by atoms with Crippen LogP contribution >= 0.6 is 0 Å². The zero-order valence-electron chi connectivity index (χ0n) is 18.8. The van der Waals surface area contributed by atoms with Crippen LogP contribution in [0.2, 0.25) is 0 Å². The number of allylic oxidation sites excluding steroid dienone is 1. The highest BCUT2D eigenvalue weighted by Gasteiger charge is 2.00. The van der Waals surface area contributed by atoms with Crippen LogP contribution in [0.25, 0.3) is 6.08 Å². The van der Waals surface area contributed by atoms with Crippen LogP contribution in [0.5, 0.6) is 0 Å². The fourth-order valence-corrected chi connectivity index (χ4v) is 3.33. The summed E-state index contributed by atoms with van der Waals surface area (Å²) in [5.74, 6) is 0.0144. The van der Waals surface area contributed by atoms with Gasteiger partial charge < -0.3 is 0 Å². The second kappa shape index (κ2) is 18.1. The molecule has 0 fully saturated rings. The van der Waals surface area contributed by atoms with Crippen LogP contribution in [-0.2, 0) is 4.79 Å². The number of hydrazone groups is 1. The Kier molecular flexibility index (Phi) is 15.7. The summed E-state index contributed by atoms with van der Waals surface area (Å²) in [7, 11) is 0. The molecule has 0 radical (unpaired) electrons. The van der Waals surface area contributed by atoms with Crippen molar-refractivity contribution in [3.05, 3.63) is 42.0 Å². The Morgan fingerprint density at radius 2 is 1.34 bits per heavy atom. The monoisotopic (exact) mass is 398 g/mol. The van der Waals surface area contributed by atoms with Gasteiger partial charge in [0.15, 0.2) is 0 Å². The number of hydrogen-bond donors (Lipinski definition) is 1. The first-order valence-corrected chi connectivity index (χ1v) is 11.8. The van der Waals surface area contributed by atoms with Gasteiger partial charge in [0.25, 0.3) is 0 Å². The lowest BCUT2D eigenvalue weighted by Gasteiger charge is -2.03. The minimum Gasteiger partial charge on any atom is -0.273 e. The molecule has 0 saturated carbocycles. The summed E-state index contributed by atoms with van der Waals surface area (Å²) in [4.78, 5) is 11.9. The minimum atomic E-state index is 0.0144. The predicted octanol–water partition coefficient (Wildman–Crippen LogP) is 7.67. The van der Waals surface area contributed by atoms with Gasteiger partial charge in [-0.3, -0.25) is 4.79 Å². The van der Waals surface area contributed by atoms with Gasteiger partial charge in [0, 0.05) is 6.42 Å². The van der Waals surface area contributed by atoms with Crippen molar-refractivity contribution in [2.45, 2.75) is 104 Å². The van der Waals surface area contributed by atoms with Crippen molar-refractivity contribution in [1.82, 2.24) is 5.43 Å². The van der Waals surface area contributed by atoms with Crippen LogP contribution < -0.4 is 5.43 Å². The van der Waals surface area contributed by atoms with Gasteiger partial charge in [-0.2, -0.15) is 5.10 Å². The van der Waals surface area contributed by atoms with E-state index >= 15 is 0 Å². The molecule has 0 heterocycles. The zero-order chi connectivity index (χ0) is 21.0. The summed E-state index contributed by atoms with van der Waals surface area (Å²) >= 11 is 0. The normalized spacial score (nSPS) is 11.9. The van der Waals surface area contributed by atoms with E-state index in [4.69, 9.17) is 0 Å². The molecule has 29 heavy (non-hydrogen) atoms. The summed E-state index contributed by atoms with van der Waals surface area (Å²) in [6.45, 7) is 4.16. The molecule has 1 amide bonds. The second-order valence-electron chi connectivity index (χ2n) is 8.02. The maximum absolute atomic E-state index is 11.9. The minimum absolute atomic E-state index is 0.0144. The van der Waals surface area contributed by atoms with E-state index in [1.165, 1.54) is 70.6 Å². The molecule has 0 bridgehead atoms. The number of benzene rings is 1. The fourth-order valence-electron chi connectivity index (χ4n) is 3.33. The molecule has 3 heteroatoms. The van der Waals surface area contributed by atoms with Crippen LogP contribution in [0.1, 0.15) is 109 Å². The number of nitrogens with one attached hydrogen (secondary N) is 1. The third kappa shape index (κ3) is 15.7. The zero-order valence-corrected chi connectivity index (χ0v) is 18.8. The van der Waals surface area contributed by atoms with E-state index in [1.54, 1.807) is 0 Å². The smallest absolute Gasteiger partial charge is 0.240 e. The Balaban J connectivity index is 1.94. The molecule has 0 aliphatic carbocycles. The second-order valence-corrected chi connectivity index (χ2v) is 8.02. The molecule has 0 aliphatic rings. The summed E-state index contributed by atoms with van der Waals surface area (Å²) in [6, 6.07) is 10.1. The molecular formula is C26H42N2O. The molecule has 3 nitrogen and oxygen atoms in total. The van der Waals surface area contributed by atoms with Gasteiger partial charge in [0.1, 0.15) is 0 Å². The topological polar surface area (TPSA) is 41.5 Å². The number of unbranched alkanes of at least 4 members (excludes halogenated alkanes) is 12. The fraction of sp³-hybridized carbons (Fsp3) is 0.615. The highest BCUT2D eigenvalue weighted by molar-refractivity contribution is 5.96. The van der Waals surface area contributed by atoms with Crippen molar-refractivity contribution in [2.75, 3.05) is 0 Å². The quantitative estimate of drug-likeness (QED) is 0.163. The van der Waals surface area contributed by atoms with Gasteiger partial charge in [-0.05, 0) is 25.0 Å². The van der Waals surface area contributed by atoms with Crippen molar-refractivity contribution < 1.29 is 4.79 Å². The van der Waals surface area contributed by atoms with Gasteiger partial charge >= 0.3 is 0 Å². The molecule has 1 rings (SSSR count). The third-order valence-electron chi connectivity index (χ3n) is 5.18. The third-order valence-corrected chi connectivity index (χ3v) is 5.18. The Morgan fingerprint density at radius 3 is 1.90 bits per heavy atom. The van der Waals surface area contributed by atoms with Crippen molar-refractivity contribution >= 4 is 17.7 Å². The average molecular weight is 399 g/mol. The van der Waals surface area contributed by atoms with Crippen LogP contribution in [0.3, 0.4) is 0 Å². The van der Waals surface area contributed by atoms with Crippen molar-refractivity contribution in [2.24, 2.45) is 5.10 Å². The summed E-state index contributed by atoms with van der Waals surface area (Å²) < 4.78 is 0. The molecule has 162 valence electrons. The number of nitrogens with zero attached hydrogens (tertiary/aromatic N) is 1. The molecular weight excluding hydrogens is 356 g/mol. The number of amides is 1. The van der Waals surface area contributed by atoms with E-state index in [-0.39, 0.29) is 5.91 Å². The first kappa shape index (κ1) is 25.1. The van der Waals surface area contributed by atoms with Gasteiger partial charge in [0.05, 0.1) is 5.71 Å². The lowest BCUT2D eigenvalue weighted by molar-refractivity contribution is -0.121. The summed E-state index contributed by atoms with van der Waals surface area (Å²) in [5.41, 5.74) is 4.58. The first-order valence-electron chi connectivity index (χ1n) is 11.8. The van der Waals surface area contributed by atoms with E-state index in [2.05, 4.69) is 17.5 Å². The lowest BCUT2D eigenvalue weighted by atomic mass is 10.0. The van der Waals surface area contributed by atoms with E-state index in [0.29, 0.717) is 6.42 Å². The maximum atomic E-state index is 11.9. The Labute approximate surface area is 179 Å². The Bertz CT molecular complexity index is 578. The number of carbonyl (C=O) groups is 1. The van der Waals surface area contributed by atoms with Gasteiger partial charge in [-0.15, -0.1) is 0 Å². The van der Waals surface area contributed by atoms with Gasteiger partial charge in [0.2, 0.25) is 5.91 Å². The molecule has 1 N–H and O–H groups in total. The molecule has 1 aromatic carbocycles. The predicted molar refractivity (Wildman–Crippen MR) is 127 cm³/mol. The van der Waals surface area contributed by atoms with E-state index in [9.17, 15) is 4.79 Å². The van der Waals surface area contributed by atoms with Crippen molar-refractivity contribution in [1.29, 1.82) is 0 Å². The van der Waals surface area contributed by atoms with Gasteiger partial charge in [-0.1, -0.05) is 120 Å². The number of rotatable bonds is 17. The van der Waals surface area contributed by atoms with Crippen LogP contribution in [-0.4, -0.2) is 11.6 Å². The molecule has 0 aliphatic heterocycles. The van der Waals surface area contributed by atoms with Crippen LogP contribution in [0, 0.1) is 0 Å². The molecule has 1 aromatic rings. The molecule has 0 saturated heterocycles. The number of hydrogen-bond acceptors (Lipinski definition) is 2. The van der Waals surface area contributed by atoms with E-state index < -0.39 is 0 Å². The SMILES string of the molecule is CCCCCCCCCCCCCCCC(=O)N/N=C(C)/C=C/c1ccccc1. The van der Waals surface area contributed by atoms with Crippen molar-refractivity contribution in [3.8, 4) is 0 Å². The highest BCUT2D eigenvalue weighted by atomic mass is 16.2. The average Bonchev–Trinajstić information content (AvgIpc) is 2.74. The highest BCUT2D eigenvalue weighted by Crippen LogP contribution is 2.12. The molecule has 0 unspecified atom stereocenters. The van der Waals surface area contributed by atoms with Crippen molar-refractivity contribution in [3.63, 3.8) is 0 Å². The number of carbonyl (C=O) groups excluding carboxylic acids is 1. The van der Waals surface area contributed by atoms with Crippen LogP contribution in [0.4, 0.5) is 0 Å². The summed E-state index contributed by atoms with van der Waals surface area (Å²) in [5, 5.41) is 4.15. The van der Waals surface area contributed by atoms with Gasteiger partial charge in [-0.25, -0.2) is 5.43 Å². The molecule has 0 spiro atoms. The Hall–Kier alpha value is -1.90. The van der Waals surface area contributed by atoms with E-state index in [0.717, 1.165) is 24.1 Å². The van der Waals surface area contributed by atoms with E-state index in [1.807, 2.05) is 49.4 Å². The maximum Gasteiger partial charge on any atom is 0.240 e. The standard InChI is InChI=1S/C26H42N2O/c1-3-4-5-6-7-8-9-10-11-12-13-14-18-21-26(29)28-27-24(2)22-23-25-19-16-15-17-20-25/h15-17,19-20,22-23H,3-14,18,21H2,1-2H3,(H,28,29)/b23-22+,27-24+. The summed E-state index contributed by atoms with van der Waals surface area (Å²) in [6.07, 6.45) is 21.6. The molecule has 0 atom stereocenters. The first-order chi connectivity index (χ1) is 14.2.